The van der Waals surface area contributed by atoms with E-state index in [1.807, 2.05) is 6.92 Å². The van der Waals surface area contributed by atoms with Gasteiger partial charge in [0.15, 0.2) is 0 Å². The van der Waals surface area contributed by atoms with Gasteiger partial charge in [0.05, 0.1) is 4.90 Å². The van der Waals surface area contributed by atoms with Gasteiger partial charge in [-0.25, -0.2) is 8.42 Å². The second kappa shape index (κ2) is 6.34. The van der Waals surface area contributed by atoms with E-state index < -0.39 is 10.0 Å². The second-order valence-corrected chi connectivity index (χ2v) is 7.65. The van der Waals surface area contributed by atoms with Gasteiger partial charge in [-0.2, -0.15) is 4.31 Å². The zero-order valence-corrected chi connectivity index (χ0v) is 13.7. The van der Waals surface area contributed by atoms with Crippen molar-refractivity contribution in [2.45, 2.75) is 24.7 Å². The minimum Gasteiger partial charge on any atom is -0.359 e. The summed E-state index contributed by atoms with van der Waals surface area (Å²) in [6, 6.07) is 4.76. The van der Waals surface area contributed by atoms with Crippen molar-refractivity contribution in [2.24, 2.45) is 5.92 Å². The van der Waals surface area contributed by atoms with Crippen LogP contribution in [0.15, 0.2) is 23.1 Å². The Labute approximate surface area is 130 Å². The fraction of sp³-hybridized carbons (Fsp3) is 0.500. The average molecular weight is 331 g/mol. The smallest absolute Gasteiger partial charge is 0.243 e. The average Bonchev–Trinajstić information content (AvgIpc) is 2.90. The molecule has 1 aromatic rings. The highest BCUT2D eigenvalue weighted by molar-refractivity contribution is 7.89. The van der Waals surface area contributed by atoms with Gasteiger partial charge in [-0.15, -0.1) is 0 Å². The third-order valence-corrected chi connectivity index (χ3v) is 6.05. The van der Waals surface area contributed by atoms with Crippen LogP contribution in [-0.2, 0) is 14.8 Å². The molecule has 1 aromatic carbocycles. The Hall–Kier alpha value is -1.11. The maximum atomic E-state index is 12.6. The Morgan fingerprint density at radius 1 is 1.48 bits per heavy atom. The number of amides is 1. The molecule has 21 heavy (non-hydrogen) atoms. The molecule has 1 aliphatic rings. The van der Waals surface area contributed by atoms with Crippen LogP contribution >= 0.6 is 11.6 Å². The predicted octanol–water partition coefficient (Wildman–Crippen LogP) is 1.80. The lowest BCUT2D eigenvalue weighted by Gasteiger charge is -2.17. The van der Waals surface area contributed by atoms with Crippen LogP contribution in [0.5, 0.6) is 0 Å². The highest BCUT2D eigenvalue weighted by Crippen LogP contribution is 2.28. The number of sulfonamides is 1. The standard InChI is InChI=1S/C14H19ClN2O3S/c1-10-3-4-12(8-13(10)15)21(19,20)17-6-5-11(9-17)7-14(18)16-2/h3-4,8,11H,5-7,9H2,1-2H3,(H,16,18). The number of nitrogens with zero attached hydrogens (tertiary/aromatic N) is 1. The molecule has 1 saturated heterocycles. The van der Waals surface area contributed by atoms with E-state index in [9.17, 15) is 13.2 Å². The van der Waals surface area contributed by atoms with E-state index in [0.717, 1.165) is 5.56 Å². The molecular formula is C14H19ClN2O3S. The quantitative estimate of drug-likeness (QED) is 0.915. The van der Waals surface area contributed by atoms with Crippen molar-refractivity contribution in [3.63, 3.8) is 0 Å². The number of carbonyl (C=O) groups is 1. The molecule has 0 spiro atoms. The first-order valence-electron chi connectivity index (χ1n) is 6.81. The number of nitrogens with one attached hydrogen (secondary N) is 1. The minimum absolute atomic E-state index is 0.0578. The predicted molar refractivity (Wildman–Crippen MR) is 81.7 cm³/mol. The van der Waals surface area contributed by atoms with Crippen molar-refractivity contribution in [2.75, 3.05) is 20.1 Å². The van der Waals surface area contributed by atoms with Gasteiger partial charge in [0.1, 0.15) is 0 Å². The number of hydrogen-bond donors (Lipinski definition) is 1. The summed E-state index contributed by atoms with van der Waals surface area (Å²) in [5.41, 5.74) is 0.842. The number of hydrogen-bond acceptors (Lipinski definition) is 3. The molecule has 5 nitrogen and oxygen atoms in total. The highest BCUT2D eigenvalue weighted by atomic mass is 35.5. The molecule has 116 valence electrons. The SMILES string of the molecule is CNC(=O)CC1CCN(S(=O)(=O)c2ccc(C)c(Cl)c2)C1. The Morgan fingerprint density at radius 2 is 2.19 bits per heavy atom. The molecule has 0 radical (unpaired) electrons. The van der Waals surface area contributed by atoms with Gasteiger partial charge in [0.25, 0.3) is 0 Å². The second-order valence-electron chi connectivity index (χ2n) is 5.31. The van der Waals surface area contributed by atoms with Crippen molar-refractivity contribution >= 4 is 27.5 Å². The van der Waals surface area contributed by atoms with Gasteiger partial charge in [0.2, 0.25) is 15.9 Å². The van der Waals surface area contributed by atoms with Crippen LogP contribution in [0.25, 0.3) is 0 Å². The van der Waals surface area contributed by atoms with E-state index in [1.54, 1.807) is 19.2 Å². The van der Waals surface area contributed by atoms with E-state index >= 15 is 0 Å². The van der Waals surface area contributed by atoms with Gasteiger partial charge in [-0.05, 0) is 37.0 Å². The van der Waals surface area contributed by atoms with Gasteiger partial charge >= 0.3 is 0 Å². The van der Waals surface area contributed by atoms with Gasteiger partial charge in [-0.1, -0.05) is 17.7 Å². The van der Waals surface area contributed by atoms with Crippen molar-refractivity contribution in [3.8, 4) is 0 Å². The Balaban J connectivity index is 2.14. The highest BCUT2D eigenvalue weighted by Gasteiger charge is 2.33. The molecule has 1 unspecified atom stereocenters. The molecule has 1 heterocycles. The van der Waals surface area contributed by atoms with Crippen molar-refractivity contribution in [1.29, 1.82) is 0 Å². The molecule has 0 aromatic heterocycles. The van der Waals surface area contributed by atoms with Crippen LogP contribution in [0.1, 0.15) is 18.4 Å². The van der Waals surface area contributed by atoms with Crippen LogP contribution in [0, 0.1) is 12.8 Å². The van der Waals surface area contributed by atoms with Gasteiger partial charge < -0.3 is 5.32 Å². The summed E-state index contributed by atoms with van der Waals surface area (Å²) in [6.45, 7) is 2.64. The summed E-state index contributed by atoms with van der Waals surface area (Å²) in [6.07, 6.45) is 1.06. The van der Waals surface area contributed by atoms with E-state index in [1.165, 1.54) is 10.4 Å². The lowest BCUT2D eigenvalue weighted by Crippen LogP contribution is -2.30. The fourth-order valence-corrected chi connectivity index (χ4v) is 4.23. The molecular weight excluding hydrogens is 312 g/mol. The number of aryl methyl sites for hydroxylation is 1. The van der Waals surface area contributed by atoms with Crippen molar-refractivity contribution < 1.29 is 13.2 Å². The summed E-state index contributed by atoms with van der Waals surface area (Å²) in [5, 5.41) is 3.01. The maximum absolute atomic E-state index is 12.6. The molecule has 1 N–H and O–H groups in total. The molecule has 2 rings (SSSR count). The Kier molecular flexibility index (Phi) is 4.91. The van der Waals surface area contributed by atoms with Gasteiger partial charge in [-0.3, -0.25) is 4.79 Å². The van der Waals surface area contributed by atoms with Gasteiger partial charge in [0, 0.05) is 31.6 Å². The van der Waals surface area contributed by atoms with E-state index in [-0.39, 0.29) is 16.7 Å². The summed E-state index contributed by atoms with van der Waals surface area (Å²) in [4.78, 5) is 11.6. The number of rotatable bonds is 4. The summed E-state index contributed by atoms with van der Waals surface area (Å²) >= 11 is 6.01. The summed E-state index contributed by atoms with van der Waals surface area (Å²) < 4.78 is 26.6. The molecule has 7 heteroatoms. The van der Waals surface area contributed by atoms with Crippen LogP contribution < -0.4 is 5.32 Å². The monoisotopic (exact) mass is 330 g/mol. The van der Waals surface area contributed by atoms with Crippen LogP contribution in [-0.4, -0.2) is 38.8 Å². The third kappa shape index (κ3) is 3.56. The molecule has 1 fully saturated rings. The molecule has 1 aliphatic heterocycles. The molecule has 1 amide bonds. The largest absolute Gasteiger partial charge is 0.359 e. The molecule has 0 bridgehead atoms. The minimum atomic E-state index is -3.54. The Morgan fingerprint density at radius 3 is 2.81 bits per heavy atom. The van der Waals surface area contributed by atoms with Crippen molar-refractivity contribution in [1.82, 2.24) is 9.62 Å². The van der Waals surface area contributed by atoms with E-state index in [4.69, 9.17) is 11.6 Å². The van der Waals surface area contributed by atoms with E-state index in [2.05, 4.69) is 5.32 Å². The van der Waals surface area contributed by atoms with Crippen molar-refractivity contribution in [3.05, 3.63) is 28.8 Å². The van der Waals surface area contributed by atoms with E-state index in [0.29, 0.717) is 31.0 Å². The molecule has 0 saturated carbocycles. The van der Waals surface area contributed by atoms with Crippen LogP contribution in [0.2, 0.25) is 5.02 Å². The lowest BCUT2D eigenvalue weighted by atomic mass is 10.1. The summed E-state index contributed by atoms with van der Waals surface area (Å²) in [5.74, 6) is 0.0123. The molecule has 1 atom stereocenters. The first kappa shape index (κ1) is 16.3. The number of halogens is 1. The molecule has 0 aliphatic carbocycles. The summed E-state index contributed by atoms with van der Waals surface area (Å²) in [7, 11) is -1.95. The first-order valence-corrected chi connectivity index (χ1v) is 8.63. The topological polar surface area (TPSA) is 66.5 Å². The normalized spacial score (nSPS) is 19.7. The number of benzene rings is 1. The zero-order valence-electron chi connectivity index (χ0n) is 12.1. The third-order valence-electron chi connectivity index (χ3n) is 3.78. The zero-order chi connectivity index (χ0) is 15.6. The lowest BCUT2D eigenvalue weighted by molar-refractivity contribution is -0.121. The van der Waals surface area contributed by atoms with Crippen LogP contribution in [0.3, 0.4) is 0 Å². The fourth-order valence-electron chi connectivity index (χ4n) is 2.43. The first-order chi connectivity index (χ1) is 9.84. The maximum Gasteiger partial charge on any atom is 0.243 e. The van der Waals surface area contributed by atoms with Crippen LogP contribution in [0.4, 0.5) is 0 Å². The Bertz CT molecular complexity index is 646. The number of carbonyl (C=O) groups excluding carboxylic acids is 1.